The van der Waals surface area contributed by atoms with Gasteiger partial charge in [-0.05, 0) is 19.3 Å². The third kappa shape index (κ3) is 1.45. The Morgan fingerprint density at radius 3 is 1.12 bits per heavy atom. The van der Waals surface area contributed by atoms with Gasteiger partial charge >= 0.3 is 6.18 Å². The summed E-state index contributed by atoms with van der Waals surface area (Å²) in [5.74, 6) is 0. The van der Waals surface area contributed by atoms with Gasteiger partial charge in [-0.2, -0.15) is 13.2 Å². The second-order valence-electron chi connectivity index (χ2n) is 6.29. The maximum absolute atomic E-state index is 14.2. The Morgan fingerprint density at radius 1 is 0.588 bits per heavy atom. The van der Waals surface area contributed by atoms with Crippen molar-refractivity contribution in [1.82, 2.24) is 0 Å². The first kappa shape index (κ1) is 11.7. The Hall–Kier alpha value is -0.420. The van der Waals surface area contributed by atoms with Crippen LogP contribution in [-0.4, -0.2) is 23.2 Å². The van der Waals surface area contributed by atoms with Gasteiger partial charge in [0.2, 0.25) is 0 Å². The van der Waals surface area contributed by atoms with Crippen molar-refractivity contribution in [3.63, 3.8) is 0 Å². The zero-order chi connectivity index (χ0) is 12.7. The Bertz CT molecular complexity index is 319. The summed E-state index contributed by atoms with van der Waals surface area (Å²) < 4.78 is 81.5. The van der Waals surface area contributed by atoms with Crippen LogP contribution in [0.25, 0.3) is 0 Å². The van der Waals surface area contributed by atoms with Crippen LogP contribution in [0, 0.1) is 5.41 Å². The fourth-order valence-electron chi connectivity index (χ4n) is 4.57. The lowest BCUT2D eigenvalue weighted by Gasteiger charge is -2.63. The molecule has 0 heterocycles. The van der Waals surface area contributed by atoms with Gasteiger partial charge in [0.25, 0.3) is 0 Å². The molecule has 0 amide bonds. The minimum atomic E-state index is -4.74. The lowest BCUT2D eigenvalue weighted by atomic mass is 9.46. The SMILES string of the molecule is FC12CC3(F)CC(F)(C1)CC(C(F)(F)F)(C2)C3. The van der Waals surface area contributed by atoms with Crippen LogP contribution in [-0.2, 0) is 0 Å². The van der Waals surface area contributed by atoms with Gasteiger partial charge < -0.3 is 0 Å². The van der Waals surface area contributed by atoms with Crippen molar-refractivity contribution < 1.29 is 26.3 Å². The lowest BCUT2D eigenvalue weighted by Crippen LogP contribution is -2.68. The van der Waals surface area contributed by atoms with E-state index in [-0.39, 0.29) is 0 Å². The van der Waals surface area contributed by atoms with Crippen LogP contribution < -0.4 is 0 Å². The summed E-state index contributed by atoms with van der Waals surface area (Å²) in [6, 6.07) is 0. The minimum absolute atomic E-state index is 0.580. The van der Waals surface area contributed by atoms with Crippen molar-refractivity contribution in [3.8, 4) is 0 Å². The Balaban J connectivity index is 2.10. The molecule has 0 nitrogen and oxygen atoms in total. The molecular weight excluding hydrogens is 246 g/mol. The normalized spacial score (nSPS) is 57.5. The molecule has 4 bridgehead atoms. The van der Waals surface area contributed by atoms with E-state index in [9.17, 15) is 26.3 Å². The average Bonchev–Trinajstić information content (AvgIpc) is 1.89. The summed E-state index contributed by atoms with van der Waals surface area (Å²) in [7, 11) is 0. The van der Waals surface area contributed by atoms with Gasteiger partial charge in [0.15, 0.2) is 0 Å². The van der Waals surface area contributed by atoms with Gasteiger partial charge in [0.1, 0.15) is 17.0 Å². The molecule has 4 aliphatic rings. The highest BCUT2D eigenvalue weighted by atomic mass is 19.4. The fraction of sp³-hybridized carbons (Fsp3) is 1.00. The van der Waals surface area contributed by atoms with Crippen molar-refractivity contribution in [2.45, 2.75) is 61.7 Å². The fourth-order valence-corrected chi connectivity index (χ4v) is 4.57. The highest BCUT2D eigenvalue weighted by molar-refractivity contribution is 5.21. The van der Waals surface area contributed by atoms with Crippen molar-refractivity contribution in [3.05, 3.63) is 0 Å². The van der Waals surface area contributed by atoms with E-state index in [1.165, 1.54) is 0 Å². The summed E-state index contributed by atoms with van der Waals surface area (Å²) >= 11 is 0. The van der Waals surface area contributed by atoms with Crippen molar-refractivity contribution >= 4 is 0 Å². The van der Waals surface area contributed by atoms with Crippen LogP contribution in [0.1, 0.15) is 38.5 Å². The first-order valence-corrected chi connectivity index (χ1v) is 5.63. The van der Waals surface area contributed by atoms with Gasteiger partial charge in [-0.3, -0.25) is 0 Å². The zero-order valence-electron chi connectivity index (χ0n) is 9.01. The van der Waals surface area contributed by atoms with Crippen molar-refractivity contribution in [2.75, 3.05) is 0 Å². The van der Waals surface area contributed by atoms with Gasteiger partial charge in [-0.15, -0.1) is 0 Å². The van der Waals surface area contributed by atoms with Gasteiger partial charge in [0, 0.05) is 19.3 Å². The molecular formula is C11H12F6. The Kier molecular flexibility index (Phi) is 1.79. The molecule has 17 heavy (non-hydrogen) atoms. The van der Waals surface area contributed by atoms with E-state index in [0.717, 1.165) is 0 Å². The summed E-state index contributed by atoms with van der Waals surface area (Å²) in [4.78, 5) is 0. The maximum Gasteiger partial charge on any atom is 0.394 e. The summed E-state index contributed by atoms with van der Waals surface area (Å²) in [6.45, 7) is 0. The molecule has 6 heteroatoms. The predicted octanol–water partition coefficient (Wildman–Crippen LogP) is 4.04. The van der Waals surface area contributed by atoms with E-state index >= 15 is 0 Å². The van der Waals surface area contributed by atoms with Crippen LogP contribution in [0.15, 0.2) is 0 Å². The lowest BCUT2D eigenvalue weighted by molar-refractivity contribution is -0.320. The van der Waals surface area contributed by atoms with Crippen LogP contribution in [0.2, 0.25) is 0 Å². The predicted molar refractivity (Wildman–Crippen MR) is 47.7 cm³/mol. The van der Waals surface area contributed by atoms with E-state index < -0.39 is 67.1 Å². The average molecular weight is 258 g/mol. The van der Waals surface area contributed by atoms with E-state index in [4.69, 9.17) is 0 Å². The molecule has 4 aliphatic carbocycles. The monoisotopic (exact) mass is 258 g/mol. The molecule has 4 fully saturated rings. The van der Waals surface area contributed by atoms with Crippen LogP contribution in [0.5, 0.6) is 0 Å². The Labute approximate surface area is 94.4 Å². The molecule has 0 atom stereocenters. The number of hydrogen-bond acceptors (Lipinski definition) is 0. The van der Waals surface area contributed by atoms with Crippen molar-refractivity contribution in [2.24, 2.45) is 5.41 Å². The second-order valence-corrected chi connectivity index (χ2v) is 6.29. The number of rotatable bonds is 0. The summed E-state index contributed by atoms with van der Waals surface area (Å²) in [5.41, 5.74) is -9.48. The van der Waals surface area contributed by atoms with E-state index in [1.54, 1.807) is 0 Å². The number of hydrogen-bond donors (Lipinski definition) is 0. The highest BCUT2D eigenvalue weighted by Crippen LogP contribution is 2.71. The second kappa shape index (κ2) is 2.62. The van der Waals surface area contributed by atoms with Crippen LogP contribution in [0.4, 0.5) is 26.3 Å². The maximum atomic E-state index is 14.2. The molecule has 4 rings (SSSR count). The zero-order valence-corrected chi connectivity index (χ0v) is 9.01. The minimum Gasteiger partial charge on any atom is -0.244 e. The quantitative estimate of drug-likeness (QED) is 0.575. The van der Waals surface area contributed by atoms with E-state index in [2.05, 4.69) is 0 Å². The van der Waals surface area contributed by atoms with Gasteiger partial charge in [-0.1, -0.05) is 0 Å². The van der Waals surface area contributed by atoms with Crippen molar-refractivity contribution in [1.29, 1.82) is 0 Å². The third-order valence-electron chi connectivity index (χ3n) is 4.47. The Morgan fingerprint density at radius 2 is 0.882 bits per heavy atom. The molecule has 0 aromatic heterocycles. The topological polar surface area (TPSA) is 0 Å². The van der Waals surface area contributed by atoms with E-state index in [1.807, 2.05) is 0 Å². The molecule has 0 aromatic carbocycles. The molecule has 0 N–H and O–H groups in total. The van der Waals surface area contributed by atoms with Crippen LogP contribution >= 0.6 is 0 Å². The molecule has 0 aromatic rings. The molecule has 4 saturated carbocycles. The van der Waals surface area contributed by atoms with Crippen LogP contribution in [0.3, 0.4) is 0 Å². The molecule has 98 valence electrons. The summed E-state index contributed by atoms with van der Waals surface area (Å²) in [6.07, 6.45) is -8.81. The van der Waals surface area contributed by atoms with Gasteiger partial charge in [-0.25, -0.2) is 13.2 Å². The standard InChI is InChI=1S/C11H12F6/c12-8-1-7(11(15,16)17)2-9(13,4-8)6-10(14,3-7)5-8/h1-6H2. The molecule has 0 saturated heterocycles. The van der Waals surface area contributed by atoms with E-state index in [0.29, 0.717) is 0 Å². The first-order chi connectivity index (χ1) is 7.49. The first-order valence-electron chi connectivity index (χ1n) is 5.63. The number of halogens is 6. The molecule has 0 aliphatic heterocycles. The molecule has 0 spiro atoms. The largest absolute Gasteiger partial charge is 0.394 e. The summed E-state index contributed by atoms with van der Waals surface area (Å²) in [5, 5.41) is 0. The number of alkyl halides is 6. The molecule has 0 unspecified atom stereocenters. The van der Waals surface area contributed by atoms with Gasteiger partial charge in [0.05, 0.1) is 5.41 Å². The molecule has 0 radical (unpaired) electrons. The smallest absolute Gasteiger partial charge is 0.244 e. The highest BCUT2D eigenvalue weighted by Gasteiger charge is 2.76. The third-order valence-corrected chi connectivity index (χ3v) is 4.47.